The van der Waals surface area contributed by atoms with Crippen molar-refractivity contribution in [1.29, 1.82) is 0 Å². The normalized spacial score (nSPS) is 11.7. The molecule has 1 unspecified atom stereocenters. The minimum atomic E-state index is -1.05. The smallest absolute Gasteiger partial charge is 0.344 e. The Balaban J connectivity index is 2.22. The molecule has 2 rings (SSSR count). The van der Waals surface area contributed by atoms with Crippen LogP contribution < -0.4 is 4.74 Å². The first-order valence-corrected chi connectivity index (χ1v) is 6.58. The highest BCUT2D eigenvalue weighted by atomic mass is 16.5. The summed E-state index contributed by atoms with van der Waals surface area (Å²) >= 11 is 0. The van der Waals surface area contributed by atoms with Crippen LogP contribution in [0.3, 0.4) is 0 Å². The van der Waals surface area contributed by atoms with Gasteiger partial charge in [-0.05, 0) is 26.0 Å². The molecule has 0 aromatic heterocycles. The molecule has 4 heteroatoms. The Labute approximate surface area is 123 Å². The first-order valence-electron chi connectivity index (χ1n) is 6.58. The second-order valence-electron chi connectivity index (χ2n) is 4.82. The van der Waals surface area contributed by atoms with Gasteiger partial charge in [0, 0.05) is 11.1 Å². The molecule has 0 saturated carbocycles. The van der Waals surface area contributed by atoms with Crippen molar-refractivity contribution in [3.8, 4) is 5.75 Å². The van der Waals surface area contributed by atoms with Crippen molar-refractivity contribution in [2.45, 2.75) is 20.0 Å². The van der Waals surface area contributed by atoms with E-state index in [4.69, 9.17) is 9.84 Å². The summed E-state index contributed by atoms with van der Waals surface area (Å²) in [6.45, 7) is 3.40. The second kappa shape index (κ2) is 6.22. The van der Waals surface area contributed by atoms with E-state index in [-0.39, 0.29) is 5.78 Å². The number of hydrogen-bond donors (Lipinski definition) is 1. The number of carbonyl (C=O) groups is 2. The van der Waals surface area contributed by atoms with Crippen LogP contribution in [0.2, 0.25) is 0 Å². The van der Waals surface area contributed by atoms with Crippen molar-refractivity contribution in [3.63, 3.8) is 0 Å². The van der Waals surface area contributed by atoms with Crippen molar-refractivity contribution < 1.29 is 19.4 Å². The summed E-state index contributed by atoms with van der Waals surface area (Å²) in [5, 5.41) is 8.83. The summed E-state index contributed by atoms with van der Waals surface area (Å²) in [7, 11) is 0. The van der Waals surface area contributed by atoms with Crippen molar-refractivity contribution in [2.75, 3.05) is 0 Å². The van der Waals surface area contributed by atoms with Crippen molar-refractivity contribution in [2.24, 2.45) is 0 Å². The van der Waals surface area contributed by atoms with E-state index in [1.165, 1.54) is 6.92 Å². The molecule has 1 N–H and O–H groups in total. The van der Waals surface area contributed by atoms with E-state index in [1.807, 2.05) is 19.1 Å². The number of carbonyl (C=O) groups excluding carboxylic acids is 1. The molecule has 2 aromatic carbocycles. The van der Waals surface area contributed by atoms with Gasteiger partial charge in [0.2, 0.25) is 0 Å². The zero-order valence-corrected chi connectivity index (χ0v) is 11.9. The SMILES string of the molecule is Cc1ccc(C(=O)c2cccc(OC(C)C(=O)O)c2)cc1. The van der Waals surface area contributed by atoms with Gasteiger partial charge in [-0.3, -0.25) is 4.79 Å². The highest BCUT2D eigenvalue weighted by molar-refractivity contribution is 6.09. The van der Waals surface area contributed by atoms with Crippen LogP contribution in [-0.2, 0) is 4.79 Å². The number of carboxylic acid groups (broad SMARTS) is 1. The topological polar surface area (TPSA) is 63.6 Å². The van der Waals surface area contributed by atoms with Gasteiger partial charge < -0.3 is 9.84 Å². The Morgan fingerprint density at radius 1 is 1.05 bits per heavy atom. The quantitative estimate of drug-likeness (QED) is 0.857. The fourth-order valence-corrected chi connectivity index (χ4v) is 1.84. The Morgan fingerprint density at radius 2 is 1.71 bits per heavy atom. The molecule has 0 bridgehead atoms. The van der Waals surface area contributed by atoms with Crippen LogP contribution in [0, 0.1) is 6.92 Å². The third-order valence-corrected chi connectivity index (χ3v) is 3.07. The summed E-state index contributed by atoms with van der Waals surface area (Å²) in [6.07, 6.45) is -0.963. The summed E-state index contributed by atoms with van der Waals surface area (Å²) < 4.78 is 5.27. The summed E-state index contributed by atoms with van der Waals surface area (Å²) in [6, 6.07) is 13.8. The van der Waals surface area contributed by atoms with Crippen LogP contribution in [-0.4, -0.2) is 23.0 Å². The maximum absolute atomic E-state index is 12.4. The molecular weight excluding hydrogens is 268 g/mol. The number of aliphatic carboxylic acids is 1. The van der Waals surface area contributed by atoms with Gasteiger partial charge in [-0.15, -0.1) is 0 Å². The number of ether oxygens (including phenoxy) is 1. The lowest BCUT2D eigenvalue weighted by atomic mass is 10.0. The maximum atomic E-state index is 12.4. The molecule has 21 heavy (non-hydrogen) atoms. The van der Waals surface area contributed by atoms with Gasteiger partial charge in [0.1, 0.15) is 5.75 Å². The van der Waals surface area contributed by atoms with Gasteiger partial charge in [0.25, 0.3) is 0 Å². The Kier molecular flexibility index (Phi) is 4.38. The molecular formula is C17H16O4. The van der Waals surface area contributed by atoms with Crippen LogP contribution in [0.4, 0.5) is 0 Å². The highest BCUT2D eigenvalue weighted by Gasteiger charge is 2.14. The predicted molar refractivity (Wildman–Crippen MR) is 78.8 cm³/mol. The zero-order chi connectivity index (χ0) is 15.4. The fraction of sp³-hybridized carbons (Fsp3) is 0.176. The minimum absolute atomic E-state index is 0.122. The van der Waals surface area contributed by atoms with E-state index < -0.39 is 12.1 Å². The van der Waals surface area contributed by atoms with Crippen LogP contribution >= 0.6 is 0 Å². The molecule has 1 atom stereocenters. The van der Waals surface area contributed by atoms with Crippen LogP contribution in [0.5, 0.6) is 5.75 Å². The van der Waals surface area contributed by atoms with E-state index in [9.17, 15) is 9.59 Å². The molecule has 0 saturated heterocycles. The standard InChI is InChI=1S/C17H16O4/c1-11-6-8-13(9-7-11)16(18)14-4-3-5-15(10-14)21-12(2)17(19)20/h3-10,12H,1-2H3,(H,19,20). The number of carboxylic acids is 1. The molecule has 0 spiro atoms. The summed E-state index contributed by atoms with van der Waals surface area (Å²) in [5.41, 5.74) is 2.14. The first-order chi connectivity index (χ1) is 9.97. The summed E-state index contributed by atoms with van der Waals surface area (Å²) in [5.74, 6) is -0.809. The average molecular weight is 284 g/mol. The number of aryl methyl sites for hydroxylation is 1. The monoisotopic (exact) mass is 284 g/mol. The number of benzene rings is 2. The zero-order valence-electron chi connectivity index (χ0n) is 11.9. The van der Waals surface area contributed by atoms with Gasteiger partial charge in [0.05, 0.1) is 0 Å². The lowest BCUT2D eigenvalue weighted by molar-refractivity contribution is -0.144. The van der Waals surface area contributed by atoms with Gasteiger partial charge in [0.15, 0.2) is 11.9 Å². The predicted octanol–water partition coefficient (Wildman–Crippen LogP) is 3.08. The molecule has 0 aliphatic heterocycles. The number of hydrogen-bond acceptors (Lipinski definition) is 3. The van der Waals surface area contributed by atoms with Gasteiger partial charge >= 0.3 is 5.97 Å². The molecule has 0 fully saturated rings. The lowest BCUT2D eigenvalue weighted by Crippen LogP contribution is -2.22. The minimum Gasteiger partial charge on any atom is -0.479 e. The molecule has 108 valence electrons. The summed E-state index contributed by atoms with van der Waals surface area (Å²) in [4.78, 5) is 23.1. The average Bonchev–Trinajstić information content (AvgIpc) is 2.47. The van der Waals surface area contributed by atoms with E-state index in [1.54, 1.807) is 36.4 Å². The fourth-order valence-electron chi connectivity index (χ4n) is 1.84. The number of ketones is 1. The van der Waals surface area contributed by atoms with Gasteiger partial charge in [-0.25, -0.2) is 4.79 Å². The Morgan fingerprint density at radius 3 is 2.33 bits per heavy atom. The largest absolute Gasteiger partial charge is 0.479 e. The van der Waals surface area contributed by atoms with Crippen LogP contribution in [0.25, 0.3) is 0 Å². The first kappa shape index (κ1) is 14.8. The molecule has 0 aliphatic carbocycles. The van der Waals surface area contributed by atoms with Crippen molar-refractivity contribution >= 4 is 11.8 Å². The van der Waals surface area contributed by atoms with Crippen LogP contribution in [0.15, 0.2) is 48.5 Å². The highest BCUT2D eigenvalue weighted by Crippen LogP contribution is 2.18. The van der Waals surface area contributed by atoms with Gasteiger partial charge in [-0.1, -0.05) is 42.0 Å². The van der Waals surface area contributed by atoms with E-state index >= 15 is 0 Å². The molecule has 4 nitrogen and oxygen atoms in total. The van der Waals surface area contributed by atoms with Crippen LogP contribution in [0.1, 0.15) is 28.4 Å². The lowest BCUT2D eigenvalue weighted by Gasteiger charge is -2.11. The Bertz CT molecular complexity index is 659. The van der Waals surface area contributed by atoms with E-state index in [2.05, 4.69) is 0 Å². The van der Waals surface area contributed by atoms with Crippen molar-refractivity contribution in [3.05, 3.63) is 65.2 Å². The number of rotatable bonds is 5. The molecule has 0 heterocycles. The second-order valence-corrected chi connectivity index (χ2v) is 4.82. The van der Waals surface area contributed by atoms with Gasteiger partial charge in [-0.2, -0.15) is 0 Å². The maximum Gasteiger partial charge on any atom is 0.344 e. The van der Waals surface area contributed by atoms with Crippen molar-refractivity contribution in [1.82, 2.24) is 0 Å². The molecule has 0 aliphatic rings. The molecule has 2 aromatic rings. The third-order valence-electron chi connectivity index (χ3n) is 3.07. The Hall–Kier alpha value is -2.62. The van der Waals surface area contributed by atoms with E-state index in [0.717, 1.165) is 5.56 Å². The molecule has 0 radical (unpaired) electrons. The third kappa shape index (κ3) is 3.69. The van der Waals surface area contributed by atoms with E-state index in [0.29, 0.717) is 16.9 Å². The molecule has 0 amide bonds.